The fourth-order valence-electron chi connectivity index (χ4n) is 2.16. The molecule has 0 spiro atoms. The standard InChI is InChI=1S/C13H17Cl2NO3S/c1-9-8-19-10(2)7-16(9)20(17,18)13-5-11(6-14)3-4-12(13)15/h3-5,9-10H,6-8H2,1-2H3. The van der Waals surface area contributed by atoms with Crippen molar-refractivity contribution in [3.05, 3.63) is 28.8 Å². The molecule has 0 aromatic heterocycles. The average molecular weight is 338 g/mol. The minimum absolute atomic E-state index is 0.110. The molecule has 2 rings (SSSR count). The normalized spacial score (nSPS) is 24.8. The summed E-state index contributed by atoms with van der Waals surface area (Å²) < 4.78 is 32.5. The summed E-state index contributed by atoms with van der Waals surface area (Å²) in [5.41, 5.74) is 0.726. The molecule has 1 aliphatic rings. The van der Waals surface area contributed by atoms with Gasteiger partial charge >= 0.3 is 0 Å². The number of nitrogens with zero attached hydrogens (tertiary/aromatic N) is 1. The van der Waals surface area contributed by atoms with E-state index in [2.05, 4.69) is 0 Å². The molecule has 112 valence electrons. The lowest BCUT2D eigenvalue weighted by molar-refractivity contribution is -0.0170. The first-order valence-corrected chi connectivity index (χ1v) is 8.69. The zero-order chi connectivity index (χ0) is 14.9. The largest absolute Gasteiger partial charge is 0.375 e. The first-order valence-electron chi connectivity index (χ1n) is 6.34. The van der Waals surface area contributed by atoms with Gasteiger partial charge in [-0.25, -0.2) is 8.42 Å². The van der Waals surface area contributed by atoms with Crippen LogP contribution < -0.4 is 0 Å². The second-order valence-corrected chi connectivity index (χ2v) is 7.50. The Labute approximate surface area is 129 Å². The van der Waals surface area contributed by atoms with Gasteiger partial charge in [0.05, 0.1) is 17.7 Å². The van der Waals surface area contributed by atoms with Gasteiger partial charge in [-0.2, -0.15) is 4.31 Å². The maximum Gasteiger partial charge on any atom is 0.244 e. The van der Waals surface area contributed by atoms with Crippen molar-refractivity contribution in [1.29, 1.82) is 0 Å². The quantitative estimate of drug-likeness (QED) is 0.796. The van der Waals surface area contributed by atoms with Crippen molar-refractivity contribution in [3.8, 4) is 0 Å². The molecule has 7 heteroatoms. The molecule has 0 N–H and O–H groups in total. The number of hydrogen-bond donors (Lipinski definition) is 0. The average Bonchev–Trinajstić information content (AvgIpc) is 2.41. The van der Waals surface area contributed by atoms with Crippen LogP contribution in [0.2, 0.25) is 5.02 Å². The lowest BCUT2D eigenvalue weighted by atomic mass is 10.2. The van der Waals surface area contributed by atoms with Crippen molar-refractivity contribution < 1.29 is 13.2 Å². The van der Waals surface area contributed by atoms with Crippen LogP contribution in [0.1, 0.15) is 19.4 Å². The van der Waals surface area contributed by atoms with Crippen molar-refractivity contribution >= 4 is 33.2 Å². The number of alkyl halides is 1. The van der Waals surface area contributed by atoms with Crippen LogP contribution in [0.5, 0.6) is 0 Å². The Bertz CT molecular complexity index is 591. The molecular weight excluding hydrogens is 321 g/mol. The molecule has 2 unspecified atom stereocenters. The van der Waals surface area contributed by atoms with Crippen LogP contribution >= 0.6 is 23.2 Å². The minimum Gasteiger partial charge on any atom is -0.375 e. The summed E-state index contributed by atoms with van der Waals surface area (Å²) >= 11 is 11.8. The van der Waals surface area contributed by atoms with Gasteiger partial charge in [-0.1, -0.05) is 17.7 Å². The number of sulfonamides is 1. The fraction of sp³-hybridized carbons (Fsp3) is 0.538. The van der Waals surface area contributed by atoms with Gasteiger partial charge < -0.3 is 4.74 Å². The first-order chi connectivity index (χ1) is 9.36. The maximum absolute atomic E-state index is 12.8. The molecule has 1 aromatic rings. The summed E-state index contributed by atoms with van der Waals surface area (Å²) in [6.45, 7) is 4.38. The zero-order valence-corrected chi connectivity index (χ0v) is 13.7. The van der Waals surface area contributed by atoms with Crippen molar-refractivity contribution in [2.24, 2.45) is 0 Å². The summed E-state index contributed by atoms with van der Waals surface area (Å²) in [6.07, 6.45) is -0.129. The van der Waals surface area contributed by atoms with Gasteiger partial charge in [-0.3, -0.25) is 0 Å². The molecule has 1 heterocycles. The van der Waals surface area contributed by atoms with E-state index in [4.69, 9.17) is 27.9 Å². The Hall–Kier alpha value is -0.330. The summed E-state index contributed by atoms with van der Waals surface area (Å²) in [7, 11) is -3.64. The van der Waals surface area contributed by atoms with Crippen LogP contribution in [-0.2, 0) is 20.6 Å². The van der Waals surface area contributed by atoms with Crippen LogP contribution in [0.15, 0.2) is 23.1 Å². The molecule has 1 aromatic carbocycles. The highest BCUT2D eigenvalue weighted by molar-refractivity contribution is 7.89. The van der Waals surface area contributed by atoms with Gasteiger partial charge in [0.25, 0.3) is 0 Å². The number of hydrogen-bond acceptors (Lipinski definition) is 3. The maximum atomic E-state index is 12.8. The molecular formula is C13H17Cl2NO3S. The Balaban J connectivity index is 2.43. The van der Waals surface area contributed by atoms with E-state index < -0.39 is 10.0 Å². The van der Waals surface area contributed by atoms with E-state index in [9.17, 15) is 8.42 Å². The van der Waals surface area contributed by atoms with Crippen LogP contribution in [0.25, 0.3) is 0 Å². The number of ether oxygens (including phenoxy) is 1. The molecule has 0 saturated carbocycles. The van der Waals surface area contributed by atoms with E-state index in [-0.39, 0.29) is 27.9 Å². The van der Waals surface area contributed by atoms with Gasteiger partial charge in [-0.05, 0) is 31.5 Å². The van der Waals surface area contributed by atoms with Crippen molar-refractivity contribution in [1.82, 2.24) is 4.31 Å². The van der Waals surface area contributed by atoms with Crippen molar-refractivity contribution in [2.75, 3.05) is 13.2 Å². The predicted molar refractivity (Wildman–Crippen MR) is 79.8 cm³/mol. The SMILES string of the molecule is CC1CN(S(=O)(=O)c2cc(CCl)ccc2Cl)C(C)CO1. The summed E-state index contributed by atoms with van der Waals surface area (Å²) in [5, 5.41) is 0.213. The molecule has 4 nitrogen and oxygen atoms in total. The third-order valence-corrected chi connectivity index (χ3v) is 6.06. The number of halogens is 2. The minimum atomic E-state index is -3.64. The Morgan fingerprint density at radius 1 is 1.40 bits per heavy atom. The van der Waals surface area contributed by atoms with E-state index >= 15 is 0 Å². The Kier molecular flexibility index (Phi) is 4.97. The molecule has 1 saturated heterocycles. The first kappa shape index (κ1) is 16.0. The zero-order valence-electron chi connectivity index (χ0n) is 11.3. The molecule has 0 radical (unpaired) electrons. The molecule has 1 fully saturated rings. The molecule has 0 amide bonds. The smallest absolute Gasteiger partial charge is 0.244 e. The van der Waals surface area contributed by atoms with E-state index in [1.807, 2.05) is 13.8 Å². The second-order valence-electron chi connectivity index (χ2n) is 4.97. The predicted octanol–water partition coefficient (Wildman–Crippen LogP) is 2.88. The highest BCUT2D eigenvalue weighted by Crippen LogP contribution is 2.29. The molecule has 2 atom stereocenters. The molecule has 20 heavy (non-hydrogen) atoms. The third kappa shape index (κ3) is 3.12. The topological polar surface area (TPSA) is 46.6 Å². The monoisotopic (exact) mass is 337 g/mol. The van der Waals surface area contributed by atoms with Crippen molar-refractivity contribution in [3.63, 3.8) is 0 Å². The van der Waals surface area contributed by atoms with Crippen LogP contribution in [0.4, 0.5) is 0 Å². The van der Waals surface area contributed by atoms with E-state index in [0.29, 0.717) is 13.2 Å². The van der Waals surface area contributed by atoms with Gasteiger partial charge in [0, 0.05) is 18.5 Å². The summed E-state index contributed by atoms with van der Waals surface area (Å²) in [4.78, 5) is 0.110. The van der Waals surface area contributed by atoms with Crippen molar-refractivity contribution in [2.45, 2.75) is 36.8 Å². The Morgan fingerprint density at radius 2 is 2.10 bits per heavy atom. The van der Waals surface area contributed by atoms with E-state index in [1.165, 1.54) is 10.4 Å². The molecule has 0 bridgehead atoms. The number of benzene rings is 1. The lowest BCUT2D eigenvalue weighted by Gasteiger charge is -2.35. The summed E-state index contributed by atoms with van der Waals surface area (Å²) in [5.74, 6) is 0.245. The third-order valence-electron chi connectivity index (χ3n) is 3.29. The Morgan fingerprint density at radius 3 is 2.75 bits per heavy atom. The van der Waals surface area contributed by atoms with Gasteiger partial charge in [0.2, 0.25) is 10.0 Å². The number of morpholine rings is 1. The van der Waals surface area contributed by atoms with Gasteiger partial charge in [-0.15, -0.1) is 11.6 Å². The van der Waals surface area contributed by atoms with Crippen LogP contribution in [-0.4, -0.2) is 38.0 Å². The van der Waals surface area contributed by atoms with Gasteiger partial charge in [0.15, 0.2) is 0 Å². The second kappa shape index (κ2) is 6.20. The highest BCUT2D eigenvalue weighted by atomic mass is 35.5. The number of rotatable bonds is 3. The molecule has 0 aliphatic carbocycles. The highest BCUT2D eigenvalue weighted by Gasteiger charge is 2.35. The lowest BCUT2D eigenvalue weighted by Crippen LogP contribution is -2.50. The fourth-order valence-corrected chi connectivity index (χ4v) is 4.55. The van der Waals surface area contributed by atoms with Gasteiger partial charge in [0.1, 0.15) is 4.90 Å². The summed E-state index contributed by atoms with van der Waals surface area (Å²) in [6, 6.07) is 4.62. The molecule has 1 aliphatic heterocycles. The van der Waals surface area contributed by atoms with E-state index in [1.54, 1.807) is 12.1 Å². The van der Waals surface area contributed by atoms with Crippen LogP contribution in [0, 0.1) is 0 Å². The van der Waals surface area contributed by atoms with Crippen LogP contribution in [0.3, 0.4) is 0 Å². The van der Waals surface area contributed by atoms with E-state index in [0.717, 1.165) is 5.56 Å².